The lowest BCUT2D eigenvalue weighted by Crippen LogP contribution is -2.64. The summed E-state index contributed by atoms with van der Waals surface area (Å²) in [5.41, 5.74) is 0.764. The molecule has 2 aliphatic heterocycles. The predicted molar refractivity (Wildman–Crippen MR) is 87.1 cm³/mol. The van der Waals surface area contributed by atoms with Gasteiger partial charge in [-0.15, -0.1) is 0 Å². The lowest BCUT2D eigenvalue weighted by atomic mass is 9.78. The molecule has 3 heteroatoms. The first kappa shape index (κ1) is 16.3. The van der Waals surface area contributed by atoms with Gasteiger partial charge in [0.25, 0.3) is 0 Å². The van der Waals surface area contributed by atoms with Gasteiger partial charge in [0.05, 0.1) is 0 Å². The SMILES string of the molecule is CC(C)C1CNC(C)(C)CN1CC1(C)CCN(C)CC1. The van der Waals surface area contributed by atoms with Crippen molar-refractivity contribution in [1.29, 1.82) is 0 Å². The van der Waals surface area contributed by atoms with Gasteiger partial charge in [-0.1, -0.05) is 20.8 Å². The molecule has 0 aromatic carbocycles. The maximum atomic E-state index is 3.73. The lowest BCUT2D eigenvalue weighted by molar-refractivity contribution is 0.0124. The van der Waals surface area contributed by atoms with Crippen LogP contribution in [0.15, 0.2) is 0 Å². The fourth-order valence-corrected chi connectivity index (χ4v) is 3.83. The van der Waals surface area contributed by atoms with Gasteiger partial charge in [-0.05, 0) is 58.2 Å². The van der Waals surface area contributed by atoms with Gasteiger partial charge >= 0.3 is 0 Å². The van der Waals surface area contributed by atoms with E-state index in [1.54, 1.807) is 0 Å². The lowest BCUT2D eigenvalue weighted by Gasteiger charge is -2.50. The maximum Gasteiger partial charge on any atom is 0.0252 e. The van der Waals surface area contributed by atoms with Crippen LogP contribution in [0.2, 0.25) is 0 Å². The van der Waals surface area contributed by atoms with E-state index in [-0.39, 0.29) is 5.54 Å². The van der Waals surface area contributed by atoms with Gasteiger partial charge in [0.2, 0.25) is 0 Å². The molecule has 1 N–H and O–H groups in total. The Morgan fingerprint density at radius 1 is 1.15 bits per heavy atom. The van der Waals surface area contributed by atoms with Gasteiger partial charge in [-0.25, -0.2) is 0 Å². The zero-order valence-electron chi connectivity index (χ0n) is 14.5. The zero-order valence-corrected chi connectivity index (χ0v) is 14.5. The van der Waals surface area contributed by atoms with Gasteiger partial charge in [-0.2, -0.15) is 0 Å². The molecule has 118 valence electrons. The molecule has 0 radical (unpaired) electrons. The Kier molecular flexibility index (Phi) is 4.83. The largest absolute Gasteiger partial charge is 0.309 e. The van der Waals surface area contributed by atoms with E-state index in [2.05, 4.69) is 56.8 Å². The summed E-state index contributed by atoms with van der Waals surface area (Å²) in [5.74, 6) is 0.730. The monoisotopic (exact) mass is 281 g/mol. The molecule has 1 atom stereocenters. The number of piperazine rings is 1. The third-order valence-electron chi connectivity index (χ3n) is 5.41. The Morgan fingerprint density at radius 3 is 2.30 bits per heavy atom. The van der Waals surface area contributed by atoms with Gasteiger partial charge in [0.15, 0.2) is 0 Å². The molecule has 1 unspecified atom stereocenters. The van der Waals surface area contributed by atoms with Gasteiger partial charge in [0.1, 0.15) is 0 Å². The summed E-state index contributed by atoms with van der Waals surface area (Å²) in [6.45, 7) is 18.0. The first-order valence-corrected chi connectivity index (χ1v) is 8.38. The minimum atomic E-state index is 0.257. The molecule has 3 nitrogen and oxygen atoms in total. The second kappa shape index (κ2) is 5.94. The summed E-state index contributed by atoms with van der Waals surface area (Å²) in [7, 11) is 2.25. The number of nitrogens with one attached hydrogen (secondary N) is 1. The molecular weight excluding hydrogens is 246 g/mol. The molecule has 0 spiro atoms. The van der Waals surface area contributed by atoms with E-state index < -0.39 is 0 Å². The van der Waals surface area contributed by atoms with E-state index in [0.717, 1.165) is 12.5 Å². The van der Waals surface area contributed by atoms with Crippen LogP contribution in [-0.2, 0) is 0 Å². The van der Waals surface area contributed by atoms with Crippen molar-refractivity contribution in [2.75, 3.05) is 39.8 Å². The molecule has 2 aliphatic rings. The Bertz CT molecular complexity index is 316. The standard InChI is InChI=1S/C17H35N3/c1-14(2)15-11-18-16(3,4)12-20(15)13-17(5)7-9-19(6)10-8-17/h14-15,18H,7-13H2,1-6H3. The quantitative estimate of drug-likeness (QED) is 0.857. The molecule has 0 saturated carbocycles. The molecule has 2 heterocycles. The summed E-state index contributed by atoms with van der Waals surface area (Å²) >= 11 is 0. The number of hydrogen-bond donors (Lipinski definition) is 1. The Labute approximate surface area is 126 Å². The summed E-state index contributed by atoms with van der Waals surface area (Å²) < 4.78 is 0. The van der Waals surface area contributed by atoms with Crippen LogP contribution in [0.25, 0.3) is 0 Å². The molecule has 2 saturated heterocycles. The van der Waals surface area contributed by atoms with E-state index in [4.69, 9.17) is 0 Å². The number of rotatable bonds is 3. The van der Waals surface area contributed by atoms with E-state index in [1.165, 1.54) is 39.0 Å². The van der Waals surface area contributed by atoms with E-state index in [0.29, 0.717) is 11.5 Å². The smallest absolute Gasteiger partial charge is 0.0252 e. The summed E-state index contributed by atoms with van der Waals surface area (Å²) in [6.07, 6.45) is 2.69. The molecule has 0 aromatic rings. The predicted octanol–water partition coefficient (Wildman–Crippen LogP) is 2.43. The highest BCUT2D eigenvalue weighted by Gasteiger charge is 2.38. The highest BCUT2D eigenvalue weighted by atomic mass is 15.3. The van der Waals surface area contributed by atoms with Crippen LogP contribution in [-0.4, -0.2) is 61.2 Å². The molecule has 20 heavy (non-hydrogen) atoms. The van der Waals surface area contributed by atoms with Crippen molar-refractivity contribution >= 4 is 0 Å². The molecular formula is C17H35N3. The van der Waals surface area contributed by atoms with Crippen molar-refractivity contribution in [2.45, 2.75) is 59.0 Å². The first-order chi connectivity index (χ1) is 9.21. The van der Waals surface area contributed by atoms with E-state index in [9.17, 15) is 0 Å². The minimum absolute atomic E-state index is 0.257. The zero-order chi connectivity index (χ0) is 15.0. The van der Waals surface area contributed by atoms with Crippen LogP contribution in [0.1, 0.15) is 47.5 Å². The van der Waals surface area contributed by atoms with Crippen molar-refractivity contribution < 1.29 is 0 Å². The highest BCUT2D eigenvalue weighted by Crippen LogP contribution is 2.34. The summed E-state index contributed by atoms with van der Waals surface area (Å²) in [5, 5.41) is 3.73. The molecule has 0 aliphatic carbocycles. The van der Waals surface area contributed by atoms with Crippen LogP contribution in [0.4, 0.5) is 0 Å². The summed E-state index contributed by atoms with van der Waals surface area (Å²) in [4.78, 5) is 5.26. The Balaban J connectivity index is 2.03. The van der Waals surface area contributed by atoms with Crippen molar-refractivity contribution in [1.82, 2.24) is 15.1 Å². The van der Waals surface area contributed by atoms with Crippen LogP contribution in [0.5, 0.6) is 0 Å². The van der Waals surface area contributed by atoms with Crippen LogP contribution < -0.4 is 5.32 Å². The van der Waals surface area contributed by atoms with Crippen LogP contribution >= 0.6 is 0 Å². The normalized spacial score (nSPS) is 31.6. The Hall–Kier alpha value is -0.120. The third-order valence-corrected chi connectivity index (χ3v) is 5.41. The number of piperidine rings is 1. The molecule has 0 aromatic heterocycles. The minimum Gasteiger partial charge on any atom is -0.309 e. The topological polar surface area (TPSA) is 18.5 Å². The number of hydrogen-bond acceptors (Lipinski definition) is 3. The first-order valence-electron chi connectivity index (χ1n) is 8.38. The van der Waals surface area contributed by atoms with Crippen molar-refractivity contribution in [2.24, 2.45) is 11.3 Å². The van der Waals surface area contributed by atoms with Gasteiger partial charge < -0.3 is 10.2 Å². The van der Waals surface area contributed by atoms with Crippen LogP contribution in [0, 0.1) is 11.3 Å². The molecule has 0 amide bonds. The van der Waals surface area contributed by atoms with Crippen molar-refractivity contribution in [3.63, 3.8) is 0 Å². The van der Waals surface area contributed by atoms with Crippen molar-refractivity contribution in [3.8, 4) is 0 Å². The second-order valence-corrected chi connectivity index (χ2v) is 8.60. The maximum absolute atomic E-state index is 3.73. The molecule has 2 fully saturated rings. The van der Waals surface area contributed by atoms with E-state index in [1.807, 2.05) is 0 Å². The average Bonchev–Trinajstić information content (AvgIpc) is 2.32. The fraction of sp³-hybridized carbons (Fsp3) is 1.00. The second-order valence-electron chi connectivity index (χ2n) is 8.60. The van der Waals surface area contributed by atoms with Gasteiger partial charge in [-0.3, -0.25) is 4.90 Å². The molecule has 0 bridgehead atoms. The highest BCUT2D eigenvalue weighted by molar-refractivity contribution is 4.96. The van der Waals surface area contributed by atoms with E-state index >= 15 is 0 Å². The fourth-order valence-electron chi connectivity index (χ4n) is 3.83. The third kappa shape index (κ3) is 3.96. The number of nitrogens with zero attached hydrogens (tertiary/aromatic N) is 2. The Morgan fingerprint density at radius 2 is 1.75 bits per heavy atom. The van der Waals surface area contributed by atoms with Gasteiger partial charge in [0, 0.05) is 31.2 Å². The number of likely N-dealkylation sites (tertiary alicyclic amines) is 1. The van der Waals surface area contributed by atoms with Crippen molar-refractivity contribution in [3.05, 3.63) is 0 Å². The summed E-state index contributed by atoms with van der Waals surface area (Å²) in [6, 6.07) is 0.694. The average molecular weight is 281 g/mol. The van der Waals surface area contributed by atoms with Crippen LogP contribution in [0.3, 0.4) is 0 Å². The molecule has 2 rings (SSSR count).